The van der Waals surface area contributed by atoms with Gasteiger partial charge in [-0.3, -0.25) is 0 Å². The Morgan fingerprint density at radius 1 is 1.28 bits per heavy atom. The van der Waals surface area contributed by atoms with Crippen molar-refractivity contribution in [3.8, 4) is 0 Å². The number of aliphatic hydroxyl groups excluding tert-OH is 1. The van der Waals surface area contributed by atoms with Crippen molar-refractivity contribution in [2.24, 2.45) is 11.8 Å². The Morgan fingerprint density at radius 2 is 1.83 bits per heavy atom. The number of hydrogen-bond donors (Lipinski definition) is 1. The smallest absolute Gasteiger partial charge is 0.0726 e. The van der Waals surface area contributed by atoms with Crippen molar-refractivity contribution in [2.45, 2.75) is 77.4 Å². The molecule has 0 aromatic heterocycles. The molecular formula is C16H33NO. The zero-order valence-electron chi connectivity index (χ0n) is 13.1. The Morgan fingerprint density at radius 3 is 2.28 bits per heavy atom. The van der Waals surface area contributed by atoms with E-state index >= 15 is 0 Å². The Labute approximate surface area is 114 Å². The molecule has 0 saturated heterocycles. The molecule has 0 aliphatic heterocycles. The predicted molar refractivity (Wildman–Crippen MR) is 78.7 cm³/mol. The average Bonchev–Trinajstić information content (AvgIpc) is 2.29. The fourth-order valence-corrected chi connectivity index (χ4v) is 3.55. The van der Waals surface area contributed by atoms with Crippen LogP contribution in [0.25, 0.3) is 0 Å². The quantitative estimate of drug-likeness (QED) is 0.782. The highest BCUT2D eigenvalue weighted by Gasteiger charge is 2.42. The van der Waals surface area contributed by atoms with E-state index in [-0.39, 0.29) is 11.6 Å². The summed E-state index contributed by atoms with van der Waals surface area (Å²) in [5.41, 5.74) is 0.0362. The van der Waals surface area contributed by atoms with E-state index in [1.54, 1.807) is 0 Å². The molecule has 0 bridgehead atoms. The molecule has 1 fully saturated rings. The molecule has 0 aromatic carbocycles. The van der Waals surface area contributed by atoms with Crippen LogP contribution in [0.3, 0.4) is 0 Å². The van der Waals surface area contributed by atoms with Gasteiger partial charge in [0.1, 0.15) is 0 Å². The summed E-state index contributed by atoms with van der Waals surface area (Å²) in [5, 5.41) is 10.7. The highest BCUT2D eigenvalue weighted by atomic mass is 16.3. The summed E-state index contributed by atoms with van der Waals surface area (Å²) >= 11 is 0. The Bertz CT molecular complexity index is 231. The molecule has 1 aliphatic rings. The van der Waals surface area contributed by atoms with Gasteiger partial charge in [-0.05, 0) is 58.0 Å². The lowest BCUT2D eigenvalue weighted by Crippen LogP contribution is -2.55. The van der Waals surface area contributed by atoms with Crippen molar-refractivity contribution in [2.75, 3.05) is 14.1 Å². The van der Waals surface area contributed by atoms with Crippen molar-refractivity contribution >= 4 is 0 Å². The summed E-state index contributed by atoms with van der Waals surface area (Å²) in [5.74, 6) is 1.47. The molecule has 0 amide bonds. The first kappa shape index (κ1) is 16.0. The molecule has 0 radical (unpaired) electrons. The van der Waals surface area contributed by atoms with Crippen molar-refractivity contribution in [1.29, 1.82) is 0 Å². The van der Waals surface area contributed by atoms with E-state index in [1.807, 2.05) is 0 Å². The van der Waals surface area contributed by atoms with Crippen LogP contribution in [0.1, 0.15) is 65.7 Å². The second-order valence-electron chi connectivity index (χ2n) is 6.83. The predicted octanol–water partition coefficient (Wildman–Crippen LogP) is 3.68. The Hall–Kier alpha value is -0.0800. The summed E-state index contributed by atoms with van der Waals surface area (Å²) in [7, 11) is 4.29. The van der Waals surface area contributed by atoms with Crippen LogP contribution in [0.15, 0.2) is 0 Å². The van der Waals surface area contributed by atoms with E-state index in [4.69, 9.17) is 0 Å². The number of aliphatic hydroxyl groups is 1. The molecule has 0 aromatic rings. The van der Waals surface area contributed by atoms with E-state index in [9.17, 15) is 5.11 Å². The van der Waals surface area contributed by atoms with Crippen LogP contribution in [0.4, 0.5) is 0 Å². The molecule has 1 N–H and O–H groups in total. The third-order valence-electron chi connectivity index (χ3n) is 5.06. The fourth-order valence-electron chi connectivity index (χ4n) is 3.55. The van der Waals surface area contributed by atoms with Crippen LogP contribution < -0.4 is 0 Å². The van der Waals surface area contributed by atoms with Gasteiger partial charge in [-0.15, -0.1) is 0 Å². The summed E-state index contributed by atoms with van der Waals surface area (Å²) in [6, 6.07) is 0. The lowest BCUT2D eigenvalue weighted by atomic mass is 9.71. The maximum atomic E-state index is 10.7. The summed E-state index contributed by atoms with van der Waals surface area (Å²) < 4.78 is 0. The molecule has 1 rings (SSSR count). The molecule has 108 valence electrons. The lowest BCUT2D eigenvalue weighted by Gasteiger charge is -2.48. The van der Waals surface area contributed by atoms with Crippen LogP contribution >= 0.6 is 0 Å². The van der Waals surface area contributed by atoms with Gasteiger partial charge in [0.15, 0.2) is 0 Å². The van der Waals surface area contributed by atoms with E-state index in [1.165, 1.54) is 25.7 Å². The van der Waals surface area contributed by atoms with Crippen LogP contribution in [0.2, 0.25) is 0 Å². The van der Waals surface area contributed by atoms with E-state index in [0.717, 1.165) is 25.2 Å². The van der Waals surface area contributed by atoms with E-state index < -0.39 is 0 Å². The molecule has 0 spiro atoms. The van der Waals surface area contributed by atoms with Crippen molar-refractivity contribution in [3.63, 3.8) is 0 Å². The maximum Gasteiger partial charge on any atom is 0.0726 e. The van der Waals surface area contributed by atoms with Gasteiger partial charge in [0, 0.05) is 5.54 Å². The van der Waals surface area contributed by atoms with Crippen LogP contribution in [-0.4, -0.2) is 35.7 Å². The van der Waals surface area contributed by atoms with Gasteiger partial charge in [-0.25, -0.2) is 0 Å². The van der Waals surface area contributed by atoms with E-state index in [2.05, 4.69) is 39.8 Å². The highest BCUT2D eigenvalue weighted by Crippen LogP contribution is 2.39. The molecule has 2 unspecified atom stereocenters. The van der Waals surface area contributed by atoms with Crippen LogP contribution in [-0.2, 0) is 0 Å². The minimum Gasteiger partial charge on any atom is -0.391 e. The fraction of sp³-hybridized carbons (Fsp3) is 1.00. The molecule has 2 atom stereocenters. The van der Waals surface area contributed by atoms with Gasteiger partial charge >= 0.3 is 0 Å². The highest BCUT2D eigenvalue weighted by molar-refractivity contribution is 4.98. The summed E-state index contributed by atoms with van der Waals surface area (Å²) in [6.45, 7) is 6.85. The SMILES string of the molecule is CCCC(C)CC(O)C1(N(C)C)CCC(C)CC1. The second kappa shape index (κ2) is 6.91. The first-order valence-corrected chi connectivity index (χ1v) is 7.78. The first-order chi connectivity index (χ1) is 8.42. The third kappa shape index (κ3) is 3.71. The van der Waals surface area contributed by atoms with Gasteiger partial charge < -0.3 is 10.0 Å². The summed E-state index contributed by atoms with van der Waals surface area (Å²) in [6.07, 6.45) is 8.08. The van der Waals surface area contributed by atoms with Crippen molar-refractivity contribution in [3.05, 3.63) is 0 Å². The summed E-state index contributed by atoms with van der Waals surface area (Å²) in [4.78, 5) is 2.29. The molecule has 1 aliphatic carbocycles. The normalized spacial score (nSPS) is 32.5. The Balaban J connectivity index is 2.66. The molecule has 2 nitrogen and oxygen atoms in total. The van der Waals surface area contributed by atoms with E-state index in [0.29, 0.717) is 5.92 Å². The number of hydrogen-bond acceptors (Lipinski definition) is 2. The molecular weight excluding hydrogens is 222 g/mol. The molecule has 0 heterocycles. The number of rotatable bonds is 6. The largest absolute Gasteiger partial charge is 0.391 e. The van der Waals surface area contributed by atoms with Gasteiger partial charge in [-0.2, -0.15) is 0 Å². The third-order valence-corrected chi connectivity index (χ3v) is 5.06. The number of nitrogens with zero attached hydrogens (tertiary/aromatic N) is 1. The second-order valence-corrected chi connectivity index (χ2v) is 6.83. The minimum absolute atomic E-state index is 0.0362. The first-order valence-electron chi connectivity index (χ1n) is 7.78. The topological polar surface area (TPSA) is 23.5 Å². The van der Waals surface area contributed by atoms with Crippen molar-refractivity contribution in [1.82, 2.24) is 4.90 Å². The number of likely N-dealkylation sites (N-methyl/N-ethyl adjacent to an activating group) is 1. The average molecular weight is 255 g/mol. The van der Waals surface area contributed by atoms with Gasteiger partial charge in [0.05, 0.1) is 6.10 Å². The monoisotopic (exact) mass is 255 g/mol. The zero-order chi connectivity index (χ0) is 13.8. The zero-order valence-corrected chi connectivity index (χ0v) is 13.1. The maximum absolute atomic E-state index is 10.7. The van der Waals surface area contributed by atoms with Gasteiger partial charge in [0.25, 0.3) is 0 Å². The van der Waals surface area contributed by atoms with Gasteiger partial charge in [0.2, 0.25) is 0 Å². The molecule has 2 heteroatoms. The van der Waals surface area contributed by atoms with Crippen LogP contribution in [0, 0.1) is 11.8 Å². The lowest BCUT2D eigenvalue weighted by molar-refractivity contribution is -0.0490. The minimum atomic E-state index is -0.165. The Kier molecular flexibility index (Phi) is 6.13. The standard InChI is InChI=1S/C16H33NO/c1-6-7-14(3)12-15(18)16(17(4)5)10-8-13(2)9-11-16/h13-15,18H,6-12H2,1-5H3. The van der Waals surface area contributed by atoms with Crippen LogP contribution in [0.5, 0.6) is 0 Å². The molecule has 1 saturated carbocycles. The van der Waals surface area contributed by atoms with Crippen molar-refractivity contribution < 1.29 is 5.11 Å². The van der Waals surface area contributed by atoms with Gasteiger partial charge in [-0.1, -0.05) is 33.6 Å². The molecule has 18 heavy (non-hydrogen) atoms.